The first-order valence-electron chi connectivity index (χ1n) is 3.94. The van der Waals surface area contributed by atoms with Crippen molar-refractivity contribution >= 4 is 5.69 Å². The van der Waals surface area contributed by atoms with E-state index in [2.05, 4.69) is 6.07 Å². The molecule has 0 amide bonds. The van der Waals surface area contributed by atoms with Crippen LogP contribution in [0, 0.1) is 11.3 Å². The molecule has 0 bridgehead atoms. The third-order valence-corrected chi connectivity index (χ3v) is 1.82. The third kappa shape index (κ3) is 1.91. The number of nitriles is 1. The van der Waals surface area contributed by atoms with Crippen LogP contribution >= 0.6 is 0 Å². The molecule has 3 heteroatoms. The van der Waals surface area contributed by atoms with Crippen LogP contribution < -0.4 is 9.64 Å². The van der Waals surface area contributed by atoms with Crippen LogP contribution in [0.4, 0.5) is 5.69 Å². The van der Waals surface area contributed by atoms with Gasteiger partial charge in [-0.05, 0) is 18.2 Å². The molecule has 0 spiro atoms. The molecule has 0 radical (unpaired) electrons. The van der Waals surface area contributed by atoms with Crippen LogP contribution in [0.1, 0.15) is 5.56 Å². The van der Waals surface area contributed by atoms with Crippen LogP contribution in [0.15, 0.2) is 18.2 Å². The summed E-state index contributed by atoms with van der Waals surface area (Å²) >= 11 is 0. The SMILES string of the molecule is COc1ccc(N(C)C)cc1C#N. The summed E-state index contributed by atoms with van der Waals surface area (Å²) < 4.78 is 5.03. The Labute approximate surface area is 78.2 Å². The molecule has 0 saturated carbocycles. The van der Waals surface area contributed by atoms with Crippen molar-refractivity contribution in [1.29, 1.82) is 5.26 Å². The lowest BCUT2D eigenvalue weighted by Crippen LogP contribution is -2.08. The van der Waals surface area contributed by atoms with E-state index in [9.17, 15) is 0 Å². The molecule has 0 heterocycles. The van der Waals surface area contributed by atoms with Gasteiger partial charge in [-0.25, -0.2) is 0 Å². The van der Waals surface area contributed by atoms with Crippen molar-refractivity contribution in [2.24, 2.45) is 0 Å². The molecule has 0 N–H and O–H groups in total. The second-order valence-electron chi connectivity index (χ2n) is 2.89. The Hall–Kier alpha value is -1.69. The fourth-order valence-corrected chi connectivity index (χ4v) is 1.06. The van der Waals surface area contributed by atoms with Gasteiger partial charge in [0.05, 0.1) is 12.7 Å². The Bertz CT molecular complexity index is 339. The van der Waals surface area contributed by atoms with Gasteiger partial charge in [-0.2, -0.15) is 5.26 Å². The molecule has 0 aliphatic rings. The average Bonchev–Trinajstić information content (AvgIpc) is 2.16. The highest BCUT2D eigenvalue weighted by Gasteiger charge is 2.03. The predicted octanol–water partition coefficient (Wildman–Crippen LogP) is 1.63. The van der Waals surface area contributed by atoms with Gasteiger partial charge in [-0.15, -0.1) is 0 Å². The maximum absolute atomic E-state index is 8.81. The van der Waals surface area contributed by atoms with Gasteiger partial charge in [0, 0.05) is 19.8 Å². The van der Waals surface area contributed by atoms with Crippen molar-refractivity contribution in [3.63, 3.8) is 0 Å². The van der Waals surface area contributed by atoms with E-state index < -0.39 is 0 Å². The first kappa shape index (κ1) is 9.40. The Morgan fingerprint density at radius 3 is 2.54 bits per heavy atom. The molecule has 1 aromatic carbocycles. The summed E-state index contributed by atoms with van der Waals surface area (Å²) in [4.78, 5) is 1.94. The smallest absolute Gasteiger partial charge is 0.136 e. The molecule has 0 unspecified atom stereocenters. The van der Waals surface area contributed by atoms with Crippen LogP contribution in [0.25, 0.3) is 0 Å². The van der Waals surface area contributed by atoms with E-state index in [1.165, 1.54) is 0 Å². The van der Waals surface area contributed by atoms with Crippen molar-refractivity contribution in [2.45, 2.75) is 0 Å². The Balaban J connectivity index is 3.15. The summed E-state index contributed by atoms with van der Waals surface area (Å²) in [5.41, 5.74) is 1.56. The first-order valence-corrected chi connectivity index (χ1v) is 3.94. The van der Waals surface area contributed by atoms with Crippen LogP contribution in [0.5, 0.6) is 5.75 Å². The molecule has 68 valence electrons. The molecular weight excluding hydrogens is 164 g/mol. The van der Waals surface area contributed by atoms with Crippen molar-refractivity contribution in [3.8, 4) is 11.8 Å². The predicted molar refractivity (Wildman–Crippen MR) is 52.0 cm³/mol. The van der Waals surface area contributed by atoms with Crippen molar-refractivity contribution < 1.29 is 4.74 Å². The molecule has 0 aliphatic carbocycles. The van der Waals surface area contributed by atoms with Gasteiger partial charge >= 0.3 is 0 Å². The fourth-order valence-electron chi connectivity index (χ4n) is 1.06. The van der Waals surface area contributed by atoms with Crippen molar-refractivity contribution in [3.05, 3.63) is 23.8 Å². The van der Waals surface area contributed by atoms with Gasteiger partial charge in [0.25, 0.3) is 0 Å². The van der Waals surface area contributed by atoms with Crippen LogP contribution in [0.3, 0.4) is 0 Å². The monoisotopic (exact) mass is 176 g/mol. The molecule has 13 heavy (non-hydrogen) atoms. The summed E-state index contributed by atoms with van der Waals surface area (Å²) in [6.07, 6.45) is 0. The zero-order chi connectivity index (χ0) is 9.84. The van der Waals surface area contributed by atoms with Gasteiger partial charge in [0.1, 0.15) is 11.8 Å². The molecule has 0 fully saturated rings. The van der Waals surface area contributed by atoms with Gasteiger partial charge in [0.15, 0.2) is 0 Å². The van der Waals surface area contributed by atoms with E-state index in [1.54, 1.807) is 19.2 Å². The van der Waals surface area contributed by atoms with Crippen LogP contribution in [-0.2, 0) is 0 Å². The third-order valence-electron chi connectivity index (χ3n) is 1.82. The fraction of sp³-hybridized carbons (Fsp3) is 0.300. The summed E-state index contributed by atoms with van der Waals surface area (Å²) in [5.74, 6) is 0.619. The lowest BCUT2D eigenvalue weighted by molar-refractivity contribution is 0.413. The van der Waals surface area contributed by atoms with Crippen LogP contribution in [-0.4, -0.2) is 21.2 Å². The summed E-state index contributed by atoms with van der Waals surface area (Å²) in [6.45, 7) is 0. The van der Waals surface area contributed by atoms with Crippen LogP contribution in [0.2, 0.25) is 0 Å². The summed E-state index contributed by atoms with van der Waals surface area (Å²) in [6, 6.07) is 7.61. The minimum atomic E-state index is 0.564. The number of benzene rings is 1. The highest BCUT2D eigenvalue weighted by atomic mass is 16.5. The summed E-state index contributed by atoms with van der Waals surface area (Å²) in [5, 5.41) is 8.81. The second kappa shape index (κ2) is 3.81. The highest BCUT2D eigenvalue weighted by Crippen LogP contribution is 2.22. The first-order chi connectivity index (χ1) is 6.19. The lowest BCUT2D eigenvalue weighted by atomic mass is 10.2. The number of hydrogen-bond acceptors (Lipinski definition) is 3. The van der Waals surface area contributed by atoms with E-state index in [1.807, 2.05) is 25.1 Å². The minimum Gasteiger partial charge on any atom is -0.495 e. The number of methoxy groups -OCH3 is 1. The standard InChI is InChI=1S/C10H12N2O/c1-12(2)9-4-5-10(13-3)8(6-9)7-11/h4-6H,1-3H3. The molecule has 0 aliphatic heterocycles. The zero-order valence-electron chi connectivity index (χ0n) is 8.03. The lowest BCUT2D eigenvalue weighted by Gasteiger charge is -2.13. The normalized spacial score (nSPS) is 9.08. The molecule has 0 atom stereocenters. The second-order valence-corrected chi connectivity index (χ2v) is 2.89. The highest BCUT2D eigenvalue weighted by molar-refractivity contribution is 5.56. The quantitative estimate of drug-likeness (QED) is 0.687. The van der Waals surface area contributed by atoms with Gasteiger partial charge in [-0.3, -0.25) is 0 Å². The Morgan fingerprint density at radius 1 is 1.38 bits per heavy atom. The van der Waals surface area contributed by atoms with Crippen molar-refractivity contribution in [2.75, 3.05) is 26.1 Å². The number of ether oxygens (including phenoxy) is 1. The molecule has 0 aromatic heterocycles. The Kier molecular flexibility index (Phi) is 2.76. The topological polar surface area (TPSA) is 36.3 Å². The van der Waals surface area contributed by atoms with E-state index >= 15 is 0 Å². The molecule has 0 saturated heterocycles. The van der Waals surface area contributed by atoms with Crippen molar-refractivity contribution in [1.82, 2.24) is 0 Å². The van der Waals surface area contributed by atoms with E-state index in [0.717, 1.165) is 5.69 Å². The number of anilines is 1. The Morgan fingerprint density at radius 2 is 2.08 bits per heavy atom. The van der Waals surface area contributed by atoms with Gasteiger partial charge < -0.3 is 9.64 Å². The molecule has 3 nitrogen and oxygen atoms in total. The largest absolute Gasteiger partial charge is 0.495 e. The minimum absolute atomic E-state index is 0.564. The zero-order valence-corrected chi connectivity index (χ0v) is 8.03. The van der Waals surface area contributed by atoms with E-state index in [0.29, 0.717) is 11.3 Å². The molecule has 1 aromatic rings. The maximum atomic E-state index is 8.81. The summed E-state index contributed by atoms with van der Waals surface area (Å²) in [7, 11) is 5.43. The molecule has 1 rings (SSSR count). The number of rotatable bonds is 2. The maximum Gasteiger partial charge on any atom is 0.136 e. The number of hydrogen-bond donors (Lipinski definition) is 0. The van der Waals surface area contributed by atoms with Gasteiger partial charge in [0.2, 0.25) is 0 Å². The average molecular weight is 176 g/mol. The van der Waals surface area contributed by atoms with E-state index in [4.69, 9.17) is 10.00 Å². The molecular formula is C10H12N2O. The van der Waals surface area contributed by atoms with Gasteiger partial charge in [-0.1, -0.05) is 0 Å². The van der Waals surface area contributed by atoms with E-state index in [-0.39, 0.29) is 0 Å². The number of nitrogens with zero attached hydrogens (tertiary/aromatic N) is 2.